The summed E-state index contributed by atoms with van der Waals surface area (Å²) in [5.41, 5.74) is 2.21. The molecule has 1 aromatic carbocycles. The minimum absolute atomic E-state index is 0. The summed E-state index contributed by atoms with van der Waals surface area (Å²) < 4.78 is 0. The van der Waals surface area contributed by atoms with Gasteiger partial charge < -0.3 is 5.32 Å². The van der Waals surface area contributed by atoms with Gasteiger partial charge in [0, 0.05) is 23.3 Å². The van der Waals surface area contributed by atoms with Crippen LogP contribution in [0.3, 0.4) is 0 Å². The summed E-state index contributed by atoms with van der Waals surface area (Å²) in [6, 6.07) is 10.8. The Labute approximate surface area is 179 Å². The monoisotopic (exact) mass is 474 g/mol. The Bertz CT molecular complexity index is 1070. The van der Waals surface area contributed by atoms with Crippen LogP contribution in [0.1, 0.15) is 16.1 Å². The van der Waals surface area contributed by atoms with E-state index in [4.69, 9.17) is 0 Å². The van der Waals surface area contributed by atoms with E-state index in [2.05, 4.69) is 30.6 Å². The first-order valence-corrected chi connectivity index (χ1v) is 9.72. The molecule has 10 heteroatoms. The van der Waals surface area contributed by atoms with Crippen LogP contribution in [-0.4, -0.2) is 25.8 Å². The van der Waals surface area contributed by atoms with E-state index < -0.39 is 0 Å². The number of hydrogen-bond donors (Lipinski definition) is 2. The maximum Gasteiger partial charge on any atom is 0.257 e. The lowest BCUT2D eigenvalue weighted by atomic mass is 10.2. The van der Waals surface area contributed by atoms with Gasteiger partial charge in [-0.25, -0.2) is 19.9 Å². The predicted octanol–water partition coefficient (Wildman–Crippen LogP) is 4.94. The summed E-state index contributed by atoms with van der Waals surface area (Å²) in [5, 5.41) is 9.10. The molecule has 0 atom stereocenters. The number of thiazole rings is 2. The summed E-state index contributed by atoms with van der Waals surface area (Å²) in [7, 11) is 0. The molecule has 0 aliphatic heterocycles. The average Bonchev–Trinajstić information content (AvgIpc) is 3.29. The highest BCUT2D eigenvalue weighted by Crippen LogP contribution is 2.35. The second-order valence-corrected chi connectivity index (χ2v) is 7.35. The molecule has 4 aromatic rings. The number of nitrogens with zero attached hydrogens (tertiary/aromatic N) is 4. The van der Waals surface area contributed by atoms with Crippen molar-refractivity contribution in [2.24, 2.45) is 0 Å². The normalized spacial score (nSPS) is 10.2. The molecule has 1 amide bonds. The van der Waals surface area contributed by atoms with Crippen LogP contribution >= 0.6 is 39.7 Å². The van der Waals surface area contributed by atoms with Gasteiger partial charge in [0.25, 0.3) is 5.91 Å². The Kier molecular flexibility index (Phi) is 6.45. The molecule has 3 heterocycles. The van der Waals surface area contributed by atoms with Crippen LogP contribution in [0.4, 0.5) is 16.2 Å². The molecule has 0 radical (unpaired) electrons. The molecular weight excluding hydrogens is 460 g/mol. The zero-order chi connectivity index (χ0) is 18.6. The molecule has 142 valence electrons. The van der Waals surface area contributed by atoms with Crippen LogP contribution in [0.2, 0.25) is 0 Å². The molecule has 7 nitrogen and oxygen atoms in total. The second-order valence-electron chi connectivity index (χ2n) is 5.49. The number of nitrogens with one attached hydrogen (secondary N) is 2. The van der Waals surface area contributed by atoms with Crippen LogP contribution in [-0.2, 0) is 0 Å². The fourth-order valence-electron chi connectivity index (χ4n) is 2.34. The smallest absolute Gasteiger partial charge is 0.257 e. The average molecular weight is 475 g/mol. The number of aromatic nitrogens is 4. The van der Waals surface area contributed by atoms with E-state index >= 15 is 0 Å². The first-order chi connectivity index (χ1) is 13.2. The minimum atomic E-state index is -0.183. The first kappa shape index (κ1) is 20.1. The van der Waals surface area contributed by atoms with Gasteiger partial charge in [-0.3, -0.25) is 10.1 Å². The van der Waals surface area contributed by atoms with E-state index in [0.29, 0.717) is 21.8 Å². The van der Waals surface area contributed by atoms with E-state index in [1.54, 1.807) is 30.6 Å². The molecule has 0 spiro atoms. The van der Waals surface area contributed by atoms with Gasteiger partial charge in [0.2, 0.25) is 5.95 Å². The van der Waals surface area contributed by atoms with Gasteiger partial charge in [0.15, 0.2) is 10.3 Å². The summed E-state index contributed by atoms with van der Waals surface area (Å²) in [5.74, 6) is 0.313. The minimum Gasteiger partial charge on any atom is -0.300 e. The fraction of sp³-hybridized carbons (Fsp3) is 0.0556. The summed E-state index contributed by atoms with van der Waals surface area (Å²) >= 11 is 2.85. The molecular formula is C18H15BrN6OS2. The van der Waals surface area contributed by atoms with Gasteiger partial charge in [-0.1, -0.05) is 29.5 Å². The van der Waals surface area contributed by atoms with Crippen molar-refractivity contribution in [3.8, 4) is 10.6 Å². The largest absolute Gasteiger partial charge is 0.300 e. The molecule has 0 bridgehead atoms. The van der Waals surface area contributed by atoms with E-state index in [9.17, 15) is 4.79 Å². The number of amides is 1. The zero-order valence-corrected chi connectivity index (χ0v) is 18.0. The van der Waals surface area contributed by atoms with Crippen molar-refractivity contribution in [1.29, 1.82) is 0 Å². The van der Waals surface area contributed by atoms with Crippen LogP contribution in [0, 0.1) is 6.92 Å². The van der Waals surface area contributed by atoms with Crippen LogP contribution < -0.4 is 10.6 Å². The standard InChI is InChI=1S/C18H14N6OS2.BrH/c1-11-14(13-10-26-17(22-13)24-16-19-8-5-9-20-16)27-18(21-11)23-15(25)12-6-3-2-4-7-12;/h2-10H,1H3,(H,21,23,25)(H,19,20,22,24);1H. The third-order valence-electron chi connectivity index (χ3n) is 3.57. The van der Waals surface area contributed by atoms with Crippen molar-refractivity contribution >= 4 is 61.8 Å². The Morgan fingerprint density at radius 2 is 1.75 bits per heavy atom. The number of hydrogen-bond acceptors (Lipinski definition) is 8. The maximum absolute atomic E-state index is 12.3. The molecule has 0 aliphatic rings. The Morgan fingerprint density at radius 1 is 1.00 bits per heavy atom. The highest BCUT2D eigenvalue weighted by molar-refractivity contribution is 8.93. The van der Waals surface area contributed by atoms with Gasteiger partial charge in [-0.05, 0) is 25.1 Å². The van der Waals surface area contributed by atoms with Crippen molar-refractivity contribution in [1.82, 2.24) is 19.9 Å². The summed E-state index contributed by atoms with van der Waals surface area (Å²) in [6.45, 7) is 1.90. The van der Waals surface area contributed by atoms with E-state index in [0.717, 1.165) is 16.3 Å². The lowest BCUT2D eigenvalue weighted by molar-refractivity contribution is 0.102. The summed E-state index contributed by atoms with van der Waals surface area (Å²) in [6.07, 6.45) is 3.33. The molecule has 2 N–H and O–H groups in total. The number of aryl methyl sites for hydroxylation is 1. The Hall–Kier alpha value is -2.69. The number of rotatable bonds is 5. The number of carbonyl (C=O) groups excluding carboxylic acids is 1. The van der Waals surface area contributed by atoms with Crippen LogP contribution in [0.25, 0.3) is 10.6 Å². The van der Waals surface area contributed by atoms with Gasteiger partial charge in [0.1, 0.15) is 0 Å². The SMILES string of the molecule is Br.Cc1nc(NC(=O)c2ccccc2)sc1-c1csc(Nc2ncccn2)n1. The quantitative estimate of drug-likeness (QED) is 0.425. The molecule has 0 unspecified atom stereocenters. The number of anilines is 3. The third kappa shape index (κ3) is 4.58. The second kappa shape index (κ2) is 9.00. The fourth-order valence-corrected chi connectivity index (χ4v) is 4.03. The molecule has 4 rings (SSSR count). The van der Waals surface area contributed by atoms with Crippen LogP contribution in [0.5, 0.6) is 0 Å². The van der Waals surface area contributed by atoms with E-state index in [-0.39, 0.29) is 22.9 Å². The Balaban J connectivity index is 0.00000225. The predicted molar refractivity (Wildman–Crippen MR) is 118 cm³/mol. The molecule has 0 fully saturated rings. The Morgan fingerprint density at radius 3 is 2.50 bits per heavy atom. The molecule has 0 saturated carbocycles. The van der Waals surface area contributed by atoms with Crippen molar-refractivity contribution < 1.29 is 4.79 Å². The maximum atomic E-state index is 12.3. The van der Waals surface area contributed by atoms with Gasteiger partial charge in [0.05, 0.1) is 16.3 Å². The van der Waals surface area contributed by atoms with Crippen molar-refractivity contribution in [3.05, 3.63) is 65.4 Å². The number of halogens is 1. The number of carbonyl (C=O) groups is 1. The molecule has 0 aliphatic carbocycles. The van der Waals surface area contributed by atoms with Gasteiger partial charge in [-0.2, -0.15) is 0 Å². The lowest BCUT2D eigenvalue weighted by Crippen LogP contribution is -2.11. The van der Waals surface area contributed by atoms with Gasteiger partial charge >= 0.3 is 0 Å². The molecule has 3 aromatic heterocycles. The lowest BCUT2D eigenvalue weighted by Gasteiger charge is -2.00. The number of benzene rings is 1. The summed E-state index contributed by atoms with van der Waals surface area (Å²) in [4.78, 5) is 30.5. The first-order valence-electron chi connectivity index (χ1n) is 8.03. The van der Waals surface area contributed by atoms with Crippen LogP contribution in [0.15, 0.2) is 54.2 Å². The highest BCUT2D eigenvalue weighted by atomic mass is 79.9. The van der Waals surface area contributed by atoms with Crippen molar-refractivity contribution in [2.45, 2.75) is 6.92 Å². The molecule has 0 saturated heterocycles. The molecule has 28 heavy (non-hydrogen) atoms. The van der Waals surface area contributed by atoms with E-state index in [1.807, 2.05) is 30.5 Å². The van der Waals surface area contributed by atoms with E-state index in [1.165, 1.54) is 22.7 Å². The van der Waals surface area contributed by atoms with Gasteiger partial charge in [-0.15, -0.1) is 28.3 Å². The third-order valence-corrected chi connectivity index (χ3v) is 5.43. The topological polar surface area (TPSA) is 92.7 Å². The highest BCUT2D eigenvalue weighted by Gasteiger charge is 2.15. The zero-order valence-electron chi connectivity index (χ0n) is 14.6. The van der Waals surface area contributed by atoms with Crippen molar-refractivity contribution in [2.75, 3.05) is 10.6 Å². The van der Waals surface area contributed by atoms with Crippen molar-refractivity contribution in [3.63, 3.8) is 0 Å².